The lowest BCUT2D eigenvalue weighted by Crippen LogP contribution is -2.67. The molecule has 3 unspecified atom stereocenters. The van der Waals surface area contributed by atoms with E-state index in [1.165, 1.54) is 0 Å². The number of thiocarbonyl (C=S) groups is 1. The highest BCUT2D eigenvalue weighted by Crippen LogP contribution is 1.99. The van der Waals surface area contributed by atoms with Crippen LogP contribution in [0.5, 0.6) is 0 Å². The van der Waals surface area contributed by atoms with Gasteiger partial charge in [0.15, 0.2) is 5.11 Å². The zero-order chi connectivity index (χ0) is 15.0. The van der Waals surface area contributed by atoms with Crippen LogP contribution in [0.1, 0.15) is 20.3 Å². The van der Waals surface area contributed by atoms with E-state index < -0.39 is 6.04 Å². The van der Waals surface area contributed by atoms with Gasteiger partial charge in [-0.25, -0.2) is 0 Å². The van der Waals surface area contributed by atoms with E-state index in [1.54, 1.807) is 6.92 Å². The molecular weight excluding hydrogens is 280 g/mol. The minimum atomic E-state index is -0.488. The first kappa shape index (κ1) is 17.1. The van der Waals surface area contributed by atoms with Crippen molar-refractivity contribution in [2.24, 2.45) is 0 Å². The van der Waals surface area contributed by atoms with E-state index >= 15 is 0 Å². The molecule has 0 aliphatic carbocycles. The van der Waals surface area contributed by atoms with Gasteiger partial charge in [-0.2, -0.15) is 0 Å². The van der Waals surface area contributed by atoms with Gasteiger partial charge < -0.3 is 25.8 Å². The largest absolute Gasteiger partial charge is 0.465 e. The van der Waals surface area contributed by atoms with E-state index in [0.29, 0.717) is 18.3 Å². The highest BCUT2D eigenvalue weighted by Gasteiger charge is 2.32. The Hall–Kier alpha value is -0.960. The summed E-state index contributed by atoms with van der Waals surface area (Å²) in [5, 5.41) is 21.9. The Morgan fingerprint density at radius 2 is 2.15 bits per heavy atom. The summed E-state index contributed by atoms with van der Waals surface area (Å²) < 4.78 is 5.03. The van der Waals surface area contributed by atoms with E-state index in [-0.39, 0.29) is 24.8 Å². The number of hydrogen-bond acceptors (Lipinski definition) is 6. The number of ether oxygens (including phenoxy) is 1. The highest BCUT2D eigenvalue weighted by molar-refractivity contribution is 7.80. The lowest BCUT2D eigenvalue weighted by Gasteiger charge is -2.33. The Kier molecular flexibility index (Phi) is 7.75. The predicted octanol–water partition coefficient (Wildman–Crippen LogP) is -1.33. The summed E-state index contributed by atoms with van der Waals surface area (Å²) in [5.41, 5.74) is 0. The summed E-state index contributed by atoms with van der Waals surface area (Å²) in [6, 6.07) is -0.578. The number of aliphatic hydroxyl groups is 1. The Labute approximate surface area is 124 Å². The van der Waals surface area contributed by atoms with Gasteiger partial charge in [-0.1, -0.05) is 6.92 Å². The second kappa shape index (κ2) is 9.06. The number of nitrogens with one attached hydrogen (secondary N) is 4. The molecule has 0 radical (unpaired) electrons. The van der Waals surface area contributed by atoms with Gasteiger partial charge in [-0.3, -0.25) is 10.1 Å². The molecule has 0 saturated carbocycles. The molecule has 20 heavy (non-hydrogen) atoms. The van der Waals surface area contributed by atoms with Crippen molar-refractivity contribution in [3.63, 3.8) is 0 Å². The van der Waals surface area contributed by atoms with E-state index in [9.17, 15) is 4.79 Å². The quantitative estimate of drug-likeness (QED) is 0.304. The van der Waals surface area contributed by atoms with Crippen LogP contribution in [0.25, 0.3) is 0 Å². The summed E-state index contributed by atoms with van der Waals surface area (Å²) in [6.07, 6.45) is 0.426. The second-order valence-electron chi connectivity index (χ2n) is 4.52. The number of esters is 1. The third-order valence-corrected chi connectivity index (χ3v) is 3.30. The van der Waals surface area contributed by atoms with Gasteiger partial charge in [0, 0.05) is 13.1 Å². The van der Waals surface area contributed by atoms with Crippen LogP contribution >= 0.6 is 12.2 Å². The van der Waals surface area contributed by atoms with Crippen molar-refractivity contribution < 1.29 is 14.6 Å². The number of rotatable bonds is 6. The molecule has 1 aliphatic heterocycles. The monoisotopic (exact) mass is 304 g/mol. The van der Waals surface area contributed by atoms with Gasteiger partial charge in [0.2, 0.25) is 0 Å². The Morgan fingerprint density at radius 3 is 2.75 bits per heavy atom. The van der Waals surface area contributed by atoms with E-state index in [1.807, 2.05) is 6.92 Å². The standard InChI is InChI=1S/C12H24N4O3S/c1-3-8(7-17)15-12(20)16-10-9(11(18)19-4-2)13-5-6-14-10/h8-10,13-14,17H,3-7H2,1-2H3,(H2,15,16,20). The van der Waals surface area contributed by atoms with Gasteiger partial charge in [-0.05, 0) is 25.6 Å². The molecule has 8 heteroatoms. The first-order valence-corrected chi connectivity index (χ1v) is 7.34. The third kappa shape index (κ3) is 5.20. The Bertz CT molecular complexity index is 326. The zero-order valence-corrected chi connectivity index (χ0v) is 12.8. The zero-order valence-electron chi connectivity index (χ0n) is 11.9. The number of carbonyl (C=O) groups excluding carboxylic acids is 1. The summed E-state index contributed by atoms with van der Waals surface area (Å²) in [6.45, 7) is 5.50. The topological polar surface area (TPSA) is 94.7 Å². The van der Waals surface area contributed by atoms with Crippen LogP contribution < -0.4 is 21.3 Å². The lowest BCUT2D eigenvalue weighted by atomic mass is 10.2. The first-order valence-electron chi connectivity index (χ1n) is 6.93. The van der Waals surface area contributed by atoms with Crippen LogP contribution in [0.2, 0.25) is 0 Å². The second-order valence-corrected chi connectivity index (χ2v) is 4.93. The number of piperazine rings is 1. The average molecular weight is 304 g/mol. The maximum atomic E-state index is 11.9. The molecule has 1 rings (SSSR count). The molecule has 0 bridgehead atoms. The fourth-order valence-electron chi connectivity index (χ4n) is 1.92. The first-order chi connectivity index (χ1) is 9.62. The number of carbonyl (C=O) groups is 1. The smallest absolute Gasteiger partial charge is 0.326 e. The molecule has 1 aliphatic rings. The van der Waals surface area contributed by atoms with Crippen LogP contribution in [0, 0.1) is 0 Å². The van der Waals surface area contributed by atoms with E-state index in [4.69, 9.17) is 22.1 Å². The van der Waals surface area contributed by atoms with Gasteiger partial charge in [0.1, 0.15) is 12.2 Å². The molecule has 7 nitrogen and oxygen atoms in total. The number of hydrogen-bond donors (Lipinski definition) is 5. The molecule has 5 N–H and O–H groups in total. The molecule has 0 amide bonds. The van der Waals surface area contributed by atoms with Crippen molar-refractivity contribution in [2.45, 2.75) is 38.5 Å². The Balaban J connectivity index is 2.53. The SMILES string of the molecule is CCOC(=O)C1NCCNC1NC(=S)NC(CC)CO. The van der Waals surface area contributed by atoms with Crippen LogP contribution in [-0.2, 0) is 9.53 Å². The van der Waals surface area contributed by atoms with Crippen LogP contribution in [0.3, 0.4) is 0 Å². The van der Waals surface area contributed by atoms with Crippen LogP contribution in [0.15, 0.2) is 0 Å². The molecule has 1 fully saturated rings. The van der Waals surface area contributed by atoms with Crippen molar-refractivity contribution in [1.82, 2.24) is 21.3 Å². The van der Waals surface area contributed by atoms with Crippen molar-refractivity contribution in [3.8, 4) is 0 Å². The van der Waals surface area contributed by atoms with Crippen LogP contribution in [0.4, 0.5) is 0 Å². The molecule has 0 aromatic rings. The predicted molar refractivity (Wildman–Crippen MR) is 80.2 cm³/mol. The minimum absolute atomic E-state index is 0.00989. The van der Waals surface area contributed by atoms with Crippen molar-refractivity contribution >= 4 is 23.3 Å². The maximum Gasteiger partial charge on any atom is 0.326 e. The summed E-state index contributed by atoms with van der Waals surface area (Å²) in [7, 11) is 0. The summed E-state index contributed by atoms with van der Waals surface area (Å²) in [4.78, 5) is 11.9. The van der Waals surface area contributed by atoms with Crippen molar-refractivity contribution in [2.75, 3.05) is 26.3 Å². The van der Waals surface area contributed by atoms with E-state index in [0.717, 1.165) is 13.0 Å². The van der Waals surface area contributed by atoms with E-state index in [2.05, 4.69) is 21.3 Å². The molecule has 1 heterocycles. The fraction of sp³-hybridized carbons (Fsp3) is 0.833. The van der Waals surface area contributed by atoms with Gasteiger partial charge >= 0.3 is 5.97 Å². The number of aliphatic hydroxyl groups excluding tert-OH is 1. The van der Waals surface area contributed by atoms with Gasteiger partial charge in [0.25, 0.3) is 0 Å². The van der Waals surface area contributed by atoms with Crippen molar-refractivity contribution in [1.29, 1.82) is 0 Å². The third-order valence-electron chi connectivity index (χ3n) is 3.06. The summed E-state index contributed by atoms with van der Waals surface area (Å²) >= 11 is 5.19. The highest BCUT2D eigenvalue weighted by atomic mass is 32.1. The molecule has 3 atom stereocenters. The molecule has 0 aromatic heterocycles. The van der Waals surface area contributed by atoms with Crippen molar-refractivity contribution in [3.05, 3.63) is 0 Å². The molecule has 0 spiro atoms. The van der Waals surface area contributed by atoms with Crippen LogP contribution in [-0.4, -0.2) is 60.7 Å². The normalized spacial score (nSPS) is 23.8. The fourth-order valence-corrected chi connectivity index (χ4v) is 2.22. The molecular formula is C12H24N4O3S. The molecule has 116 valence electrons. The lowest BCUT2D eigenvalue weighted by molar-refractivity contribution is -0.147. The molecule has 1 saturated heterocycles. The minimum Gasteiger partial charge on any atom is -0.465 e. The summed E-state index contributed by atoms with van der Waals surface area (Å²) in [5.74, 6) is -0.311. The average Bonchev–Trinajstić information content (AvgIpc) is 2.45. The Morgan fingerprint density at radius 1 is 1.45 bits per heavy atom. The van der Waals surface area contributed by atoms with Gasteiger partial charge in [-0.15, -0.1) is 0 Å². The molecule has 0 aromatic carbocycles. The van der Waals surface area contributed by atoms with Gasteiger partial charge in [0.05, 0.1) is 19.3 Å². The maximum absolute atomic E-state index is 11.9.